The zero-order valence-corrected chi connectivity index (χ0v) is 23.6. The maximum absolute atomic E-state index is 11.8. The number of rotatable bonds is 8. The van der Waals surface area contributed by atoms with Gasteiger partial charge in [-0.3, -0.25) is 0 Å². The second kappa shape index (κ2) is 9.65. The molecular formula is C24H42N2O3S3. The molecule has 1 atom stereocenters. The van der Waals surface area contributed by atoms with Crippen molar-refractivity contribution in [3.63, 3.8) is 0 Å². The summed E-state index contributed by atoms with van der Waals surface area (Å²) in [7, 11) is 3.72. The standard InChI is InChI=1S/C24H42N2O3S3/c1-10-20(27)29-18-13-23(6,7)26(24(8,9)14-18)32-31-25-21(2,3)11-17(12-22(25,4)5)28-15-19-16-30-19/h10,17-19H,1,11-16H2,2-9H3. The van der Waals surface area contributed by atoms with Crippen LogP contribution in [0.5, 0.6) is 0 Å². The lowest BCUT2D eigenvalue weighted by Gasteiger charge is -2.56. The second-order valence-electron chi connectivity index (χ2n) is 12.0. The van der Waals surface area contributed by atoms with Crippen molar-refractivity contribution in [1.29, 1.82) is 0 Å². The van der Waals surface area contributed by atoms with Crippen molar-refractivity contribution in [3.05, 3.63) is 12.7 Å². The number of nitrogens with zero attached hydrogens (tertiary/aromatic N) is 2. The lowest BCUT2D eigenvalue weighted by atomic mass is 9.81. The molecule has 184 valence electrons. The first-order valence-corrected chi connectivity index (χ1v) is 14.8. The molecule has 3 saturated heterocycles. The van der Waals surface area contributed by atoms with Crippen LogP contribution in [0.3, 0.4) is 0 Å². The Bertz CT molecular complexity index is 671. The highest BCUT2D eigenvalue weighted by atomic mass is 33.1. The number of carbonyl (C=O) groups is 1. The van der Waals surface area contributed by atoms with Crippen LogP contribution >= 0.6 is 33.7 Å². The van der Waals surface area contributed by atoms with E-state index in [-0.39, 0.29) is 34.2 Å². The smallest absolute Gasteiger partial charge is 0.330 e. The van der Waals surface area contributed by atoms with Gasteiger partial charge in [-0.1, -0.05) is 6.58 Å². The van der Waals surface area contributed by atoms with Crippen LogP contribution < -0.4 is 0 Å². The third-order valence-corrected chi connectivity index (χ3v) is 11.0. The van der Waals surface area contributed by atoms with Crippen molar-refractivity contribution >= 4 is 39.7 Å². The fourth-order valence-electron chi connectivity index (χ4n) is 5.63. The molecule has 1 unspecified atom stereocenters. The molecule has 3 heterocycles. The summed E-state index contributed by atoms with van der Waals surface area (Å²) < 4.78 is 17.1. The summed E-state index contributed by atoms with van der Waals surface area (Å²) in [6.45, 7) is 22.8. The van der Waals surface area contributed by atoms with Gasteiger partial charge in [-0.15, -0.1) is 0 Å². The number of piperidine rings is 2. The van der Waals surface area contributed by atoms with E-state index in [1.54, 1.807) is 0 Å². The summed E-state index contributed by atoms with van der Waals surface area (Å²) in [5.74, 6) is 0.929. The van der Waals surface area contributed by atoms with Gasteiger partial charge in [0.05, 0.1) is 12.7 Å². The van der Waals surface area contributed by atoms with E-state index in [9.17, 15) is 4.79 Å². The van der Waals surface area contributed by atoms with E-state index in [1.807, 2.05) is 33.7 Å². The minimum absolute atomic E-state index is 0.0346. The molecule has 3 aliphatic rings. The average molecular weight is 503 g/mol. The molecule has 0 bridgehead atoms. The SMILES string of the molecule is C=CC(=O)OC1CC(C)(C)N(SSN2C(C)(C)CC(OCC3CS3)CC2(C)C)C(C)(C)C1. The van der Waals surface area contributed by atoms with Crippen molar-refractivity contribution in [2.45, 2.75) is 121 Å². The Labute approximate surface area is 207 Å². The summed E-state index contributed by atoms with van der Waals surface area (Å²) in [5.41, 5.74) is -0.147. The summed E-state index contributed by atoms with van der Waals surface area (Å²) in [6.07, 6.45) is 5.22. The largest absolute Gasteiger partial charge is 0.459 e. The number of thioether (sulfide) groups is 1. The summed E-state index contributed by atoms with van der Waals surface area (Å²) in [6, 6.07) is 0. The van der Waals surface area contributed by atoms with Gasteiger partial charge in [-0.25, -0.2) is 13.4 Å². The molecule has 32 heavy (non-hydrogen) atoms. The Hall–Kier alpha value is 0.140. The molecule has 3 rings (SSSR count). The topological polar surface area (TPSA) is 42.0 Å². The monoisotopic (exact) mass is 502 g/mol. The van der Waals surface area contributed by atoms with Gasteiger partial charge >= 0.3 is 5.97 Å². The van der Waals surface area contributed by atoms with Crippen LogP contribution in [0.2, 0.25) is 0 Å². The van der Waals surface area contributed by atoms with Crippen LogP contribution in [0.25, 0.3) is 0 Å². The van der Waals surface area contributed by atoms with E-state index in [2.05, 4.69) is 70.6 Å². The Morgan fingerprint density at radius 2 is 1.31 bits per heavy atom. The van der Waals surface area contributed by atoms with Gasteiger partial charge in [0.1, 0.15) is 6.10 Å². The van der Waals surface area contributed by atoms with Crippen molar-refractivity contribution < 1.29 is 14.3 Å². The quantitative estimate of drug-likeness (QED) is 0.130. The maximum atomic E-state index is 11.8. The number of ether oxygens (including phenoxy) is 2. The van der Waals surface area contributed by atoms with Gasteiger partial charge in [0.15, 0.2) is 0 Å². The normalized spacial score (nSPS) is 30.1. The third kappa shape index (κ3) is 6.42. The number of hydrogen-bond acceptors (Lipinski definition) is 8. The predicted molar refractivity (Wildman–Crippen MR) is 140 cm³/mol. The molecule has 8 heteroatoms. The van der Waals surface area contributed by atoms with Crippen molar-refractivity contribution in [1.82, 2.24) is 8.61 Å². The van der Waals surface area contributed by atoms with E-state index in [0.29, 0.717) is 6.10 Å². The highest BCUT2D eigenvalue weighted by Gasteiger charge is 2.51. The number of esters is 1. The molecular weight excluding hydrogens is 460 g/mol. The van der Waals surface area contributed by atoms with E-state index < -0.39 is 0 Å². The fraction of sp³-hybridized carbons (Fsp3) is 0.875. The molecule has 0 amide bonds. The molecule has 3 aliphatic heterocycles. The lowest BCUT2D eigenvalue weighted by molar-refractivity contribution is -0.149. The van der Waals surface area contributed by atoms with E-state index in [1.165, 1.54) is 11.8 Å². The highest BCUT2D eigenvalue weighted by Crippen LogP contribution is 2.53. The second-order valence-corrected chi connectivity index (χ2v) is 15.2. The van der Waals surface area contributed by atoms with Gasteiger partial charge in [-0.2, -0.15) is 11.8 Å². The van der Waals surface area contributed by atoms with Crippen LogP contribution in [0, 0.1) is 0 Å². The highest BCUT2D eigenvalue weighted by molar-refractivity contribution is 8.74. The predicted octanol–water partition coefficient (Wildman–Crippen LogP) is 6.10. The number of carbonyl (C=O) groups excluding carboxylic acids is 1. The van der Waals surface area contributed by atoms with Crippen molar-refractivity contribution in [3.8, 4) is 0 Å². The van der Waals surface area contributed by atoms with Crippen LogP contribution in [0.4, 0.5) is 0 Å². The van der Waals surface area contributed by atoms with E-state index in [0.717, 1.165) is 37.5 Å². The summed E-state index contributed by atoms with van der Waals surface area (Å²) in [5, 5.41) is 0.724. The Kier molecular flexibility index (Phi) is 8.06. The average Bonchev–Trinajstić information content (AvgIpc) is 3.43. The van der Waals surface area contributed by atoms with Crippen molar-refractivity contribution in [2.24, 2.45) is 0 Å². The third-order valence-electron chi connectivity index (χ3n) is 6.66. The Morgan fingerprint density at radius 3 is 1.69 bits per heavy atom. The first-order chi connectivity index (χ1) is 14.7. The van der Waals surface area contributed by atoms with Crippen LogP contribution in [-0.4, -0.2) is 66.6 Å². The van der Waals surface area contributed by atoms with Gasteiger partial charge in [0.25, 0.3) is 0 Å². The number of hydrogen-bond donors (Lipinski definition) is 0. The molecule has 5 nitrogen and oxygen atoms in total. The first-order valence-electron chi connectivity index (χ1n) is 11.7. The fourth-order valence-corrected chi connectivity index (χ4v) is 10.1. The molecule has 0 aliphatic carbocycles. The van der Waals surface area contributed by atoms with Crippen LogP contribution in [0.1, 0.15) is 81.1 Å². The Balaban J connectivity index is 1.66. The molecule has 3 fully saturated rings. The lowest BCUT2D eigenvalue weighted by Crippen LogP contribution is -2.60. The van der Waals surface area contributed by atoms with Gasteiger partial charge in [0.2, 0.25) is 0 Å². The molecule has 0 aromatic rings. The molecule has 0 spiro atoms. The maximum Gasteiger partial charge on any atom is 0.330 e. The van der Waals surface area contributed by atoms with Crippen LogP contribution in [0.15, 0.2) is 12.7 Å². The van der Waals surface area contributed by atoms with E-state index in [4.69, 9.17) is 9.47 Å². The molecule has 0 radical (unpaired) electrons. The zero-order valence-electron chi connectivity index (χ0n) is 21.1. The zero-order chi connectivity index (χ0) is 23.9. The summed E-state index contributed by atoms with van der Waals surface area (Å²) in [4.78, 5) is 11.8. The van der Waals surface area contributed by atoms with Crippen LogP contribution in [-0.2, 0) is 14.3 Å². The van der Waals surface area contributed by atoms with Gasteiger partial charge < -0.3 is 9.47 Å². The molecule has 0 aromatic heterocycles. The minimum Gasteiger partial charge on any atom is -0.459 e. The molecule has 0 aromatic carbocycles. The van der Waals surface area contributed by atoms with Gasteiger partial charge in [-0.05, 0) is 68.2 Å². The molecule has 0 N–H and O–H groups in total. The Morgan fingerprint density at radius 1 is 0.906 bits per heavy atom. The van der Waals surface area contributed by atoms with Crippen molar-refractivity contribution in [2.75, 3.05) is 12.4 Å². The van der Waals surface area contributed by atoms with Gasteiger partial charge in [0, 0.05) is 74.0 Å². The first kappa shape index (κ1) is 26.7. The minimum atomic E-state index is -0.328. The summed E-state index contributed by atoms with van der Waals surface area (Å²) >= 11 is 2.00. The van der Waals surface area contributed by atoms with E-state index >= 15 is 0 Å². The molecule has 0 saturated carbocycles.